The van der Waals surface area contributed by atoms with Gasteiger partial charge in [0.1, 0.15) is 0 Å². The Balaban J connectivity index is -0.0000000400. The second kappa shape index (κ2) is 14.3. The van der Waals surface area contributed by atoms with Crippen molar-refractivity contribution in [1.82, 2.24) is 0 Å². The van der Waals surface area contributed by atoms with E-state index in [1.807, 2.05) is 0 Å². The Bertz CT molecular complexity index is 341. The molecule has 0 heterocycles. The van der Waals surface area contributed by atoms with Crippen molar-refractivity contribution in [3.05, 3.63) is 0 Å². The zero-order valence-electron chi connectivity index (χ0n) is 7.12. The fourth-order valence-electron chi connectivity index (χ4n) is 0. The van der Waals surface area contributed by atoms with E-state index in [-0.39, 0.29) is 83.5 Å². The minimum absolute atomic E-state index is 0. The van der Waals surface area contributed by atoms with Gasteiger partial charge in [-0.05, 0) is 0 Å². The summed E-state index contributed by atoms with van der Waals surface area (Å²) in [5, 5.41) is 0. The molecular weight excluding hydrogens is 1020 g/mol. The molecule has 0 spiro atoms. The van der Waals surface area contributed by atoms with Gasteiger partial charge >= 0.3 is 93.2 Å². The fourth-order valence-corrected chi connectivity index (χ4v) is 0. The molecule has 0 fully saturated rings. The van der Waals surface area contributed by atoms with Gasteiger partial charge in [0, 0.05) is 83.5 Å². The molecule has 17 heteroatoms. The molecule has 17 heavy (non-hydrogen) atoms. The summed E-state index contributed by atoms with van der Waals surface area (Å²) < 4.78 is 104. The molecule has 12 nitrogen and oxygen atoms in total. The first-order valence-corrected chi connectivity index (χ1v) is 16.4. The molecule has 0 aromatic heterocycles. The topological polar surface area (TPSA) is 241 Å². The summed E-state index contributed by atoms with van der Waals surface area (Å²) >= 11 is -18.5. The first-order valence-electron chi connectivity index (χ1n) is 2.00. The molecule has 0 saturated carbocycles. The van der Waals surface area contributed by atoms with Crippen molar-refractivity contribution < 1.29 is 177 Å². The van der Waals surface area contributed by atoms with Crippen LogP contribution in [0.5, 0.6) is 0 Å². The van der Waals surface area contributed by atoms with E-state index < -0.39 is 50.2 Å². The van der Waals surface area contributed by atoms with Crippen molar-refractivity contribution in [1.29, 1.82) is 0 Å². The Morgan fingerprint density at radius 1 is 0.412 bits per heavy atom. The summed E-state index contributed by atoms with van der Waals surface area (Å²) in [6.07, 6.45) is 0. The Hall–Kier alpha value is 3.38. The Labute approximate surface area is 172 Å². The van der Waals surface area contributed by atoms with Crippen LogP contribution in [0.1, 0.15) is 0 Å². The van der Waals surface area contributed by atoms with Gasteiger partial charge in [-0.3, -0.25) is 0 Å². The zero-order valence-corrected chi connectivity index (χ0v) is 22.2. The number of hydrogen-bond donors (Lipinski definition) is 0. The molecule has 0 aliphatic heterocycles. The molecule has 0 unspecified atom stereocenters. The van der Waals surface area contributed by atoms with Crippen LogP contribution in [0.4, 0.5) is 0 Å². The first-order chi connectivity index (χ1) is 6.00. The molecule has 0 aliphatic carbocycles. The first kappa shape index (κ1) is 32.4. The Kier molecular flexibility index (Phi) is 27.3. The van der Waals surface area contributed by atoms with E-state index in [1.54, 1.807) is 0 Å². The van der Waals surface area contributed by atoms with Crippen LogP contribution in [0.3, 0.4) is 0 Å². The molecule has 0 aromatic carbocycles. The van der Waals surface area contributed by atoms with Crippen molar-refractivity contribution in [3.63, 3.8) is 0 Å². The fraction of sp³-hybridized carbons (Fsp3) is 0. The molecule has 104 valence electrons. The molecule has 0 amide bonds. The summed E-state index contributed by atoms with van der Waals surface area (Å²) in [6, 6.07) is 0. The van der Waals surface area contributed by atoms with Gasteiger partial charge in [-0.25, -0.2) is 0 Å². The van der Waals surface area contributed by atoms with Crippen molar-refractivity contribution in [2.24, 2.45) is 0 Å². The van der Waals surface area contributed by atoms with Crippen LogP contribution < -0.4 is 22.6 Å². The number of hydrogen-bond acceptors (Lipinski definition) is 12. The van der Waals surface area contributed by atoms with E-state index in [0.29, 0.717) is 0 Å². The molecule has 0 N–H and O–H groups in total. The average molecular weight is 1020 g/mol. The third-order valence-corrected chi connectivity index (χ3v) is 0. The maximum atomic E-state index is 8.65. The van der Waals surface area contributed by atoms with E-state index in [2.05, 4.69) is 0 Å². The van der Waals surface area contributed by atoms with Gasteiger partial charge in [0.25, 0.3) is 0 Å². The van der Waals surface area contributed by atoms with Crippen molar-refractivity contribution >= 4 is 0 Å². The summed E-state index contributed by atoms with van der Waals surface area (Å²) in [7, 11) is 0. The van der Waals surface area contributed by atoms with Gasteiger partial charge in [-0.1, -0.05) is 0 Å². The second-order valence-electron chi connectivity index (χ2n) is 1.22. The van der Waals surface area contributed by atoms with Crippen LogP contribution in [0.25, 0.3) is 0 Å². The van der Waals surface area contributed by atoms with Crippen LogP contribution in [-0.2, 0) is 70.6 Å². The molecule has 0 aliphatic rings. The van der Waals surface area contributed by atoms with Gasteiger partial charge in [0.15, 0.2) is 0 Å². The van der Waals surface area contributed by atoms with Crippen LogP contribution in [0.2, 0.25) is 0 Å². The van der Waals surface area contributed by atoms with E-state index in [0.717, 1.165) is 0 Å². The molecule has 0 bridgehead atoms. The third-order valence-electron chi connectivity index (χ3n) is 0. The van der Waals surface area contributed by atoms with Crippen LogP contribution in [0, 0.1) is 83.5 Å². The van der Waals surface area contributed by atoms with Crippen LogP contribution in [-0.4, -0.2) is 0 Å². The molecular formula is Ce2O12W3-6. The normalized spacial score (nSPS) is 10.2. The molecule has 0 radical (unpaired) electrons. The standard InChI is InChI=1S/2Ce.12O.3W/q;;;;;;;;6*-1;;;. The predicted octanol–water partition coefficient (Wildman–Crippen LogP) is -7.85. The Morgan fingerprint density at radius 2 is 0.412 bits per heavy atom. The van der Waals surface area contributed by atoms with Crippen molar-refractivity contribution in [2.75, 3.05) is 0 Å². The molecule has 0 aromatic rings. The summed E-state index contributed by atoms with van der Waals surface area (Å²) in [4.78, 5) is 0. The van der Waals surface area contributed by atoms with E-state index >= 15 is 0 Å². The quantitative estimate of drug-likeness (QED) is 0.220. The predicted molar refractivity (Wildman–Crippen MR) is 4.12 cm³/mol. The van der Waals surface area contributed by atoms with Gasteiger partial charge in [-0.2, -0.15) is 0 Å². The summed E-state index contributed by atoms with van der Waals surface area (Å²) in [5.41, 5.74) is 0. The van der Waals surface area contributed by atoms with Crippen LogP contribution in [0.15, 0.2) is 0 Å². The Morgan fingerprint density at radius 3 is 0.412 bits per heavy atom. The van der Waals surface area contributed by atoms with E-state index in [9.17, 15) is 0 Å². The maximum absolute atomic E-state index is 8.65. The van der Waals surface area contributed by atoms with Gasteiger partial charge in [0.2, 0.25) is 0 Å². The monoisotopic (exact) mass is 1020 g/mol. The van der Waals surface area contributed by atoms with Crippen molar-refractivity contribution in [3.8, 4) is 0 Å². The van der Waals surface area contributed by atoms with E-state index in [1.165, 1.54) is 0 Å². The second-order valence-corrected chi connectivity index (χ2v) is 10.0. The van der Waals surface area contributed by atoms with E-state index in [4.69, 9.17) is 42.9 Å². The van der Waals surface area contributed by atoms with Crippen LogP contribution >= 0.6 is 0 Å². The molecule has 0 rings (SSSR count). The van der Waals surface area contributed by atoms with Gasteiger partial charge < -0.3 is 0 Å². The molecule has 0 atom stereocenters. The van der Waals surface area contributed by atoms with Gasteiger partial charge in [0.05, 0.1) is 0 Å². The average Bonchev–Trinajstić information content (AvgIpc) is 1.41. The minimum atomic E-state index is -6.17. The summed E-state index contributed by atoms with van der Waals surface area (Å²) in [5.74, 6) is 0. The third kappa shape index (κ3) is 513. The zero-order chi connectivity index (χ0) is 13.5. The summed E-state index contributed by atoms with van der Waals surface area (Å²) in [6.45, 7) is 0. The van der Waals surface area contributed by atoms with Crippen molar-refractivity contribution in [2.45, 2.75) is 0 Å². The number of rotatable bonds is 0. The molecule has 0 saturated heterocycles. The SMILES string of the molecule is [Ce].[Ce].[O]=[W](=[O])([O-])[O-].[O]=[W](=[O])([O-])[O-].[O]=[W](=[O])([O-])[O-]. The van der Waals surface area contributed by atoms with Gasteiger partial charge in [-0.15, -0.1) is 0 Å².